The number of carbonyl (C=O) groups excluding carboxylic acids is 2. The van der Waals surface area contributed by atoms with Gasteiger partial charge in [0.1, 0.15) is 6.61 Å². The number of hydrogen-bond acceptors (Lipinski definition) is 3. The van der Waals surface area contributed by atoms with E-state index in [1.54, 1.807) is 4.90 Å². The lowest BCUT2D eigenvalue weighted by atomic mass is 9.84. The van der Waals surface area contributed by atoms with Crippen LogP contribution >= 0.6 is 0 Å². The number of carbonyl (C=O) groups is 2. The molecule has 22 heavy (non-hydrogen) atoms. The van der Waals surface area contributed by atoms with Crippen LogP contribution in [0.2, 0.25) is 0 Å². The van der Waals surface area contributed by atoms with Crippen molar-refractivity contribution in [2.75, 3.05) is 18.1 Å². The Morgan fingerprint density at radius 2 is 2.00 bits per heavy atom. The Morgan fingerprint density at radius 3 is 2.77 bits per heavy atom. The molecule has 3 aliphatic rings. The van der Waals surface area contributed by atoms with Gasteiger partial charge in [-0.3, -0.25) is 9.69 Å². The van der Waals surface area contributed by atoms with Crippen LogP contribution in [0.25, 0.3) is 0 Å². The van der Waals surface area contributed by atoms with Gasteiger partial charge in [-0.05, 0) is 30.9 Å². The van der Waals surface area contributed by atoms with Gasteiger partial charge >= 0.3 is 6.09 Å². The highest BCUT2D eigenvalue weighted by Crippen LogP contribution is 2.34. The van der Waals surface area contributed by atoms with E-state index in [2.05, 4.69) is 0 Å². The van der Waals surface area contributed by atoms with Gasteiger partial charge in [0.15, 0.2) is 0 Å². The summed E-state index contributed by atoms with van der Waals surface area (Å²) in [6.45, 7) is 1.70. The number of anilines is 1. The van der Waals surface area contributed by atoms with Crippen molar-refractivity contribution in [3.8, 4) is 0 Å². The highest BCUT2D eigenvalue weighted by atomic mass is 16.6. The van der Waals surface area contributed by atoms with E-state index in [1.807, 2.05) is 29.2 Å². The maximum absolute atomic E-state index is 12.6. The number of rotatable bonds is 1. The van der Waals surface area contributed by atoms with Gasteiger partial charge in [0.2, 0.25) is 5.91 Å². The first-order chi connectivity index (χ1) is 10.7. The van der Waals surface area contributed by atoms with Gasteiger partial charge in [-0.2, -0.15) is 0 Å². The highest BCUT2D eigenvalue weighted by Gasteiger charge is 2.38. The lowest BCUT2D eigenvalue weighted by Crippen LogP contribution is -2.44. The molecule has 0 N–H and O–H groups in total. The third-order valence-electron chi connectivity index (χ3n) is 5.07. The molecule has 5 heteroatoms. The lowest BCUT2D eigenvalue weighted by Gasteiger charge is -2.36. The average Bonchev–Trinajstić information content (AvgIpc) is 2.79. The highest BCUT2D eigenvalue weighted by molar-refractivity contribution is 5.91. The molecule has 4 rings (SSSR count). The SMILES string of the molecule is O=C(C1CCC1)N1CC[C@H]2COC(=O)N2c2ccccc2C1. The number of ether oxygens (including phenoxy) is 1. The van der Waals surface area contributed by atoms with Crippen molar-refractivity contribution in [3.63, 3.8) is 0 Å². The molecule has 1 aliphatic carbocycles. The van der Waals surface area contributed by atoms with E-state index < -0.39 is 0 Å². The van der Waals surface area contributed by atoms with E-state index in [1.165, 1.54) is 6.42 Å². The molecule has 0 spiro atoms. The van der Waals surface area contributed by atoms with E-state index in [0.29, 0.717) is 19.7 Å². The predicted octanol–water partition coefficient (Wildman–Crippen LogP) is 2.54. The third kappa shape index (κ3) is 2.16. The van der Waals surface area contributed by atoms with Crippen LogP contribution in [0.3, 0.4) is 0 Å². The first-order valence-corrected chi connectivity index (χ1v) is 8.07. The summed E-state index contributed by atoms with van der Waals surface area (Å²) < 4.78 is 5.23. The van der Waals surface area contributed by atoms with Crippen molar-refractivity contribution in [2.24, 2.45) is 5.92 Å². The monoisotopic (exact) mass is 300 g/mol. The fourth-order valence-electron chi connectivity index (χ4n) is 3.54. The molecule has 0 aromatic heterocycles. The fourth-order valence-corrected chi connectivity index (χ4v) is 3.54. The summed E-state index contributed by atoms with van der Waals surface area (Å²) in [6, 6.07) is 7.88. The van der Waals surface area contributed by atoms with Crippen molar-refractivity contribution in [1.29, 1.82) is 0 Å². The third-order valence-corrected chi connectivity index (χ3v) is 5.07. The fraction of sp³-hybridized carbons (Fsp3) is 0.529. The van der Waals surface area contributed by atoms with Gasteiger partial charge < -0.3 is 9.64 Å². The second-order valence-electron chi connectivity index (χ2n) is 6.41. The smallest absolute Gasteiger partial charge is 0.414 e. The normalized spacial score (nSPS) is 24.7. The zero-order valence-corrected chi connectivity index (χ0v) is 12.5. The van der Waals surface area contributed by atoms with Gasteiger partial charge in [0.25, 0.3) is 0 Å². The number of benzene rings is 1. The van der Waals surface area contributed by atoms with Crippen molar-refractivity contribution < 1.29 is 14.3 Å². The minimum atomic E-state index is -0.267. The zero-order valence-electron chi connectivity index (χ0n) is 12.5. The van der Waals surface area contributed by atoms with Crippen LogP contribution in [0.4, 0.5) is 10.5 Å². The summed E-state index contributed by atoms with van der Waals surface area (Å²) in [7, 11) is 0. The molecule has 2 fully saturated rings. The van der Waals surface area contributed by atoms with Crippen LogP contribution in [0.15, 0.2) is 24.3 Å². The van der Waals surface area contributed by atoms with Crippen molar-refractivity contribution >= 4 is 17.7 Å². The summed E-state index contributed by atoms with van der Waals surface area (Å²) >= 11 is 0. The number of cyclic esters (lactones) is 1. The molecule has 2 heterocycles. The first-order valence-electron chi connectivity index (χ1n) is 8.07. The van der Waals surface area contributed by atoms with Gasteiger partial charge in [-0.15, -0.1) is 0 Å². The molecule has 0 unspecified atom stereocenters. The topological polar surface area (TPSA) is 49.9 Å². The van der Waals surface area contributed by atoms with Crippen LogP contribution in [-0.4, -0.2) is 36.1 Å². The first kappa shape index (κ1) is 13.6. The zero-order chi connectivity index (χ0) is 15.1. The molecule has 2 amide bonds. The molecule has 0 radical (unpaired) electrons. The van der Waals surface area contributed by atoms with E-state index in [-0.39, 0.29) is 24.0 Å². The summed E-state index contributed by atoms with van der Waals surface area (Å²) in [5.74, 6) is 0.490. The molecule has 1 saturated heterocycles. The van der Waals surface area contributed by atoms with E-state index in [4.69, 9.17) is 4.74 Å². The maximum Gasteiger partial charge on any atom is 0.414 e. The molecule has 0 bridgehead atoms. The Hall–Kier alpha value is -2.04. The van der Waals surface area contributed by atoms with Gasteiger partial charge in [0, 0.05) is 19.0 Å². The second-order valence-corrected chi connectivity index (χ2v) is 6.41. The number of amides is 2. The summed E-state index contributed by atoms with van der Waals surface area (Å²) in [5.41, 5.74) is 1.92. The Bertz CT molecular complexity index is 612. The molecule has 5 nitrogen and oxygen atoms in total. The molecule has 1 atom stereocenters. The Labute approximate surface area is 129 Å². The quantitative estimate of drug-likeness (QED) is 0.801. The Kier molecular flexibility index (Phi) is 3.28. The predicted molar refractivity (Wildman–Crippen MR) is 81.4 cm³/mol. The molecular weight excluding hydrogens is 280 g/mol. The Balaban J connectivity index is 1.66. The standard InChI is InChI=1S/C17H20N2O3/c20-16(12-5-3-6-12)18-9-8-14-11-22-17(21)19(14)15-7-2-1-4-13(15)10-18/h1-2,4,7,12,14H,3,5-6,8-11H2/t14-/m0/s1. The maximum atomic E-state index is 12.6. The number of para-hydroxylation sites is 1. The molecule has 116 valence electrons. The summed E-state index contributed by atoms with van der Waals surface area (Å²) in [4.78, 5) is 28.4. The van der Waals surface area contributed by atoms with Gasteiger partial charge in [-0.1, -0.05) is 24.6 Å². The molecule has 2 aliphatic heterocycles. The second kappa shape index (κ2) is 5.30. The van der Waals surface area contributed by atoms with Crippen LogP contribution in [0.1, 0.15) is 31.2 Å². The number of fused-ring (bicyclic) bond motifs is 3. The number of nitrogens with zero attached hydrogens (tertiary/aromatic N) is 2. The molecule has 1 aromatic carbocycles. The van der Waals surface area contributed by atoms with Crippen molar-refractivity contribution in [2.45, 2.75) is 38.3 Å². The summed E-state index contributed by atoms with van der Waals surface area (Å²) in [5, 5.41) is 0. The van der Waals surface area contributed by atoms with Crippen LogP contribution in [0.5, 0.6) is 0 Å². The Morgan fingerprint density at radius 1 is 1.18 bits per heavy atom. The van der Waals surface area contributed by atoms with Crippen LogP contribution in [-0.2, 0) is 16.1 Å². The molecular formula is C17H20N2O3. The van der Waals surface area contributed by atoms with Crippen molar-refractivity contribution in [1.82, 2.24) is 4.90 Å². The molecule has 1 saturated carbocycles. The lowest BCUT2D eigenvalue weighted by molar-refractivity contribution is -0.139. The average molecular weight is 300 g/mol. The molecule has 1 aromatic rings. The number of hydrogen-bond donors (Lipinski definition) is 0. The van der Waals surface area contributed by atoms with Gasteiger partial charge in [0.05, 0.1) is 11.7 Å². The minimum absolute atomic E-state index is 0.0330. The van der Waals surface area contributed by atoms with E-state index >= 15 is 0 Å². The van der Waals surface area contributed by atoms with E-state index in [0.717, 1.165) is 30.5 Å². The van der Waals surface area contributed by atoms with Gasteiger partial charge in [-0.25, -0.2) is 4.79 Å². The summed E-state index contributed by atoms with van der Waals surface area (Å²) in [6.07, 6.45) is 3.72. The van der Waals surface area contributed by atoms with Crippen LogP contribution in [0, 0.1) is 5.92 Å². The van der Waals surface area contributed by atoms with Crippen LogP contribution < -0.4 is 4.90 Å². The largest absolute Gasteiger partial charge is 0.447 e. The van der Waals surface area contributed by atoms with E-state index in [9.17, 15) is 9.59 Å². The minimum Gasteiger partial charge on any atom is -0.447 e. The van der Waals surface area contributed by atoms with Crippen molar-refractivity contribution in [3.05, 3.63) is 29.8 Å².